The molecule has 232 valence electrons. The van der Waals surface area contributed by atoms with Gasteiger partial charge in [-0.3, -0.25) is 4.79 Å². The van der Waals surface area contributed by atoms with Gasteiger partial charge in [-0.15, -0.1) is 0 Å². The molecule has 1 aliphatic carbocycles. The van der Waals surface area contributed by atoms with Crippen molar-refractivity contribution in [2.24, 2.45) is 5.41 Å². The molecule has 1 saturated carbocycles. The highest BCUT2D eigenvalue weighted by Gasteiger charge is 2.82. The predicted octanol–water partition coefficient (Wildman–Crippen LogP) is 4.41. The van der Waals surface area contributed by atoms with E-state index in [9.17, 15) is 26.4 Å². The number of sulfone groups is 1. The monoisotopic (exact) mass is 647 g/mol. The number of aromatic nitrogens is 3. The molecule has 43 heavy (non-hydrogen) atoms. The second-order valence-electron chi connectivity index (χ2n) is 11.9. The Morgan fingerprint density at radius 2 is 1.88 bits per heavy atom. The molecule has 4 heterocycles. The molecule has 0 bridgehead atoms. The highest BCUT2D eigenvalue weighted by Crippen LogP contribution is 2.71. The number of benzene rings is 1. The van der Waals surface area contributed by atoms with Gasteiger partial charge in [-0.2, -0.15) is 18.3 Å². The lowest BCUT2D eigenvalue weighted by Crippen LogP contribution is -2.47. The van der Waals surface area contributed by atoms with Crippen LogP contribution in [0.15, 0.2) is 36.5 Å². The third-order valence-electron chi connectivity index (χ3n) is 9.26. The van der Waals surface area contributed by atoms with Gasteiger partial charge >= 0.3 is 6.18 Å². The van der Waals surface area contributed by atoms with Crippen LogP contribution >= 0.6 is 11.6 Å². The Hall–Kier alpha value is -3.04. The van der Waals surface area contributed by atoms with Crippen molar-refractivity contribution in [1.82, 2.24) is 19.9 Å². The van der Waals surface area contributed by atoms with E-state index in [0.29, 0.717) is 5.69 Å². The second kappa shape index (κ2) is 9.24. The number of fused-ring (bicyclic) bond motifs is 3. The minimum Gasteiger partial charge on any atom is -0.375 e. The van der Waals surface area contributed by atoms with Crippen LogP contribution in [0.2, 0.25) is 5.15 Å². The first-order valence-electron chi connectivity index (χ1n) is 13.3. The topological polar surface area (TPSA) is 106 Å². The number of methoxy groups -OCH3 is 1. The number of anilines is 2. The lowest BCUT2D eigenvalue weighted by Gasteiger charge is -2.28. The Kier molecular flexibility index (Phi) is 6.45. The average Bonchev–Trinajstić information content (AvgIpc) is 3.33. The number of hydrogen-bond donors (Lipinski definition) is 1. The van der Waals surface area contributed by atoms with Crippen molar-refractivity contribution < 1.29 is 39.9 Å². The largest absolute Gasteiger partial charge is 0.401 e. The molecule has 2 fully saturated rings. The van der Waals surface area contributed by atoms with Crippen molar-refractivity contribution in [2.45, 2.75) is 49.3 Å². The number of alkyl halides is 5. The average molecular weight is 648 g/mol. The molecule has 2 aliphatic heterocycles. The van der Waals surface area contributed by atoms with Gasteiger partial charge in [0, 0.05) is 32.0 Å². The molecular weight excluding hydrogens is 621 g/mol. The van der Waals surface area contributed by atoms with Crippen LogP contribution < -0.4 is 10.2 Å². The van der Waals surface area contributed by atoms with Crippen LogP contribution in [-0.4, -0.2) is 78.3 Å². The summed E-state index contributed by atoms with van der Waals surface area (Å²) in [5, 5.41) is 6.46. The van der Waals surface area contributed by atoms with E-state index in [-0.39, 0.29) is 52.2 Å². The maximum atomic E-state index is 15.2. The van der Waals surface area contributed by atoms with Crippen LogP contribution in [-0.2, 0) is 24.8 Å². The lowest BCUT2D eigenvalue weighted by molar-refractivity contribution is -0.181. The van der Waals surface area contributed by atoms with Crippen LogP contribution in [0.3, 0.4) is 0 Å². The number of nitrogens with zero attached hydrogens (tertiary/aromatic N) is 4. The van der Waals surface area contributed by atoms with Gasteiger partial charge in [0.25, 0.3) is 5.92 Å². The molecule has 3 aromatic rings. The summed E-state index contributed by atoms with van der Waals surface area (Å²) >= 11 is 5.96. The third-order valence-corrected chi connectivity index (χ3v) is 11.2. The number of nitrogens with one attached hydrogen (secondary N) is 1. The summed E-state index contributed by atoms with van der Waals surface area (Å²) < 4.78 is 104. The number of ether oxygens (including phenoxy) is 1. The van der Waals surface area contributed by atoms with Crippen molar-refractivity contribution >= 4 is 44.4 Å². The van der Waals surface area contributed by atoms with E-state index in [4.69, 9.17) is 16.3 Å². The van der Waals surface area contributed by atoms with Crippen molar-refractivity contribution in [3.63, 3.8) is 0 Å². The van der Waals surface area contributed by atoms with Gasteiger partial charge in [0.05, 0.1) is 40.6 Å². The Balaban J connectivity index is 1.26. The smallest absolute Gasteiger partial charge is 0.375 e. The fourth-order valence-electron chi connectivity index (χ4n) is 6.43. The Morgan fingerprint density at radius 3 is 2.47 bits per heavy atom. The molecule has 0 spiro atoms. The quantitative estimate of drug-likeness (QED) is 0.395. The standard InChI is InChI=1S/C27H27ClF5N5O4S/c1-23(27(31,32)33)13-37(17-11-34-19-10-18(28)36-38(19)21(17)23)16-6-4-15(5-7-16)20-24(2,26(20,29)30)22(39)35-12-25(42-3)8-9-43(40,41)14-25/h4-7,10-11,20H,8-9,12-14H2,1-3H3,(H,35,39)/t20-,23-,24+,25?/m1/s1. The Bertz CT molecular complexity index is 1750. The zero-order valence-electron chi connectivity index (χ0n) is 23.2. The van der Waals surface area contributed by atoms with Gasteiger partial charge < -0.3 is 15.0 Å². The van der Waals surface area contributed by atoms with Crippen LogP contribution in [0.5, 0.6) is 0 Å². The molecule has 1 saturated heterocycles. The fraction of sp³-hybridized carbons (Fsp3) is 0.519. The number of carbonyl (C=O) groups is 1. The number of hydrogen-bond acceptors (Lipinski definition) is 7. The highest BCUT2D eigenvalue weighted by atomic mass is 35.5. The zero-order chi connectivity index (χ0) is 31.4. The first kappa shape index (κ1) is 30.0. The predicted molar refractivity (Wildman–Crippen MR) is 147 cm³/mol. The van der Waals surface area contributed by atoms with E-state index in [1.54, 1.807) is 0 Å². The summed E-state index contributed by atoms with van der Waals surface area (Å²) in [5.74, 6) is -6.33. The normalized spacial score (nSPS) is 30.9. The van der Waals surface area contributed by atoms with Crippen molar-refractivity contribution in [1.29, 1.82) is 0 Å². The second-order valence-corrected chi connectivity index (χ2v) is 14.5. The molecule has 1 amide bonds. The first-order chi connectivity index (χ1) is 19.9. The highest BCUT2D eigenvalue weighted by molar-refractivity contribution is 7.91. The summed E-state index contributed by atoms with van der Waals surface area (Å²) in [4.78, 5) is 18.6. The molecule has 9 nitrogen and oxygen atoms in total. The molecule has 3 aliphatic rings. The molecule has 2 aromatic heterocycles. The third kappa shape index (κ3) is 4.32. The molecule has 1 aromatic carbocycles. The number of amides is 1. The zero-order valence-corrected chi connectivity index (χ0v) is 24.7. The SMILES string of the molecule is COC1(CNC(=O)[C@]2(C)[C@@H](c3ccc(N4C[C@@](C)(C(F)(F)F)c5c4cnc4cc(Cl)nn54)cc3)C2(F)F)CCS(=O)(=O)C1. The number of halogens is 6. The first-order valence-corrected chi connectivity index (χ1v) is 15.5. The van der Waals surface area contributed by atoms with Gasteiger partial charge in [0.2, 0.25) is 5.91 Å². The maximum Gasteiger partial charge on any atom is 0.401 e. The van der Waals surface area contributed by atoms with Crippen LogP contribution in [0.1, 0.15) is 37.4 Å². The van der Waals surface area contributed by atoms with E-state index < -0.39 is 56.7 Å². The summed E-state index contributed by atoms with van der Waals surface area (Å²) in [6.45, 7) is 1.43. The molecule has 6 rings (SSSR count). The van der Waals surface area contributed by atoms with Gasteiger partial charge in [-0.25, -0.2) is 26.7 Å². The summed E-state index contributed by atoms with van der Waals surface area (Å²) in [6, 6.07) is 6.94. The summed E-state index contributed by atoms with van der Waals surface area (Å²) in [5.41, 5.74) is -5.09. The van der Waals surface area contributed by atoms with E-state index in [1.165, 1.54) is 48.5 Å². The molecule has 1 unspecified atom stereocenters. The van der Waals surface area contributed by atoms with Crippen LogP contribution in [0.4, 0.5) is 33.3 Å². The van der Waals surface area contributed by atoms with E-state index in [2.05, 4.69) is 15.4 Å². The van der Waals surface area contributed by atoms with Crippen LogP contribution in [0, 0.1) is 5.41 Å². The van der Waals surface area contributed by atoms with Gasteiger partial charge in [0.15, 0.2) is 20.6 Å². The molecule has 0 radical (unpaired) electrons. The van der Waals surface area contributed by atoms with Crippen molar-refractivity contribution in [2.75, 3.05) is 36.6 Å². The van der Waals surface area contributed by atoms with Gasteiger partial charge in [-0.05, 0) is 38.0 Å². The fourth-order valence-corrected chi connectivity index (χ4v) is 8.59. The molecular formula is C27H27ClF5N5O4S. The van der Waals surface area contributed by atoms with Gasteiger partial charge in [-0.1, -0.05) is 23.7 Å². The van der Waals surface area contributed by atoms with Crippen LogP contribution in [0.25, 0.3) is 5.65 Å². The molecule has 16 heteroatoms. The lowest BCUT2D eigenvalue weighted by atomic mass is 9.87. The van der Waals surface area contributed by atoms with E-state index in [0.717, 1.165) is 18.4 Å². The van der Waals surface area contributed by atoms with E-state index >= 15 is 8.78 Å². The Labute approximate surface area is 248 Å². The minimum absolute atomic E-state index is 0.0173. The molecule has 1 N–H and O–H groups in total. The van der Waals surface area contributed by atoms with Crippen molar-refractivity contribution in [3.8, 4) is 0 Å². The summed E-state index contributed by atoms with van der Waals surface area (Å²) in [7, 11) is -2.06. The maximum absolute atomic E-state index is 15.2. The molecule has 4 atom stereocenters. The summed E-state index contributed by atoms with van der Waals surface area (Å²) in [6.07, 6.45) is -3.24. The van der Waals surface area contributed by atoms with Crippen molar-refractivity contribution in [3.05, 3.63) is 52.9 Å². The van der Waals surface area contributed by atoms with Gasteiger partial charge in [0.1, 0.15) is 10.8 Å². The number of rotatable bonds is 6. The minimum atomic E-state index is -4.67. The number of carbonyl (C=O) groups excluding carboxylic acids is 1. The Morgan fingerprint density at radius 1 is 1.21 bits per heavy atom. The van der Waals surface area contributed by atoms with E-state index in [1.807, 2.05) is 0 Å².